The number of carboxylic acid groups (broad SMARTS) is 1. The minimum Gasteiger partial charge on any atom is -0.511 e. The number of aliphatic hydroxyl groups excluding tert-OH is 1. The minimum atomic E-state index is -1.06. The highest BCUT2D eigenvalue weighted by molar-refractivity contribution is 6.14. The maximum absolute atomic E-state index is 12.1. The summed E-state index contributed by atoms with van der Waals surface area (Å²) < 4.78 is 0. The van der Waals surface area contributed by atoms with E-state index < -0.39 is 12.0 Å². The van der Waals surface area contributed by atoms with Crippen molar-refractivity contribution in [1.29, 1.82) is 0 Å². The number of allylic oxidation sites excluding steroid dienone is 2. The van der Waals surface area contributed by atoms with E-state index in [0.717, 1.165) is 5.56 Å². The summed E-state index contributed by atoms with van der Waals surface area (Å²) in [5.41, 5.74) is 0.698. The van der Waals surface area contributed by atoms with E-state index in [-0.39, 0.29) is 29.0 Å². The molecule has 122 valence electrons. The first-order chi connectivity index (χ1) is 10.8. The molecule has 0 spiro atoms. The van der Waals surface area contributed by atoms with Gasteiger partial charge in [0.15, 0.2) is 11.8 Å². The average Bonchev–Trinajstić information content (AvgIpc) is 2.44. The number of nitrogens with zero attached hydrogens (tertiary/aromatic N) is 1. The van der Waals surface area contributed by atoms with Gasteiger partial charge in [-0.1, -0.05) is 44.2 Å². The summed E-state index contributed by atoms with van der Waals surface area (Å²) in [4.78, 5) is 27.5. The lowest BCUT2D eigenvalue weighted by Gasteiger charge is -2.28. The highest BCUT2D eigenvalue weighted by Gasteiger charge is 2.32. The Morgan fingerprint density at radius 1 is 1.30 bits per heavy atom. The van der Waals surface area contributed by atoms with Crippen molar-refractivity contribution in [1.82, 2.24) is 0 Å². The van der Waals surface area contributed by atoms with Crippen LogP contribution in [0.2, 0.25) is 0 Å². The van der Waals surface area contributed by atoms with Crippen molar-refractivity contribution in [2.75, 3.05) is 0 Å². The largest absolute Gasteiger partial charge is 0.511 e. The molecular formula is C18H21NO4. The van der Waals surface area contributed by atoms with Gasteiger partial charge in [-0.05, 0) is 11.0 Å². The number of carbonyl (C=O) groups is 2. The van der Waals surface area contributed by atoms with E-state index in [1.165, 1.54) is 6.21 Å². The van der Waals surface area contributed by atoms with Gasteiger partial charge in [0.05, 0.1) is 5.57 Å². The molecule has 0 radical (unpaired) electrons. The van der Waals surface area contributed by atoms with E-state index in [9.17, 15) is 19.8 Å². The predicted molar refractivity (Wildman–Crippen MR) is 87.7 cm³/mol. The number of carboxylic acids is 1. The van der Waals surface area contributed by atoms with E-state index in [1.807, 2.05) is 44.2 Å². The van der Waals surface area contributed by atoms with E-state index in [0.29, 0.717) is 12.8 Å². The van der Waals surface area contributed by atoms with Gasteiger partial charge in [-0.25, -0.2) is 4.79 Å². The van der Waals surface area contributed by atoms with Crippen LogP contribution in [-0.4, -0.2) is 34.2 Å². The van der Waals surface area contributed by atoms with Crippen LogP contribution in [0.15, 0.2) is 46.7 Å². The molecule has 5 nitrogen and oxygen atoms in total. The molecule has 23 heavy (non-hydrogen) atoms. The van der Waals surface area contributed by atoms with Gasteiger partial charge in [-0.3, -0.25) is 9.79 Å². The molecule has 2 N–H and O–H groups in total. The standard InChI is InChI=1S/C18H21NO4/c1-18(2)9-15(20)13(16(21)10-18)11-19-14(17(22)23)8-12-6-4-3-5-7-12/h3-7,11,14,20H,8-10H2,1-2H3,(H,22,23). The van der Waals surface area contributed by atoms with Crippen molar-refractivity contribution in [3.05, 3.63) is 47.2 Å². The van der Waals surface area contributed by atoms with Crippen LogP contribution in [0, 0.1) is 5.41 Å². The van der Waals surface area contributed by atoms with Gasteiger partial charge in [0.2, 0.25) is 0 Å². The Morgan fingerprint density at radius 2 is 1.96 bits per heavy atom. The lowest BCUT2D eigenvalue weighted by molar-refractivity contribution is -0.138. The Labute approximate surface area is 135 Å². The zero-order chi connectivity index (χ0) is 17.0. The first-order valence-corrected chi connectivity index (χ1v) is 7.54. The fraction of sp³-hybridized carbons (Fsp3) is 0.389. The molecule has 0 heterocycles. The van der Waals surface area contributed by atoms with Crippen molar-refractivity contribution in [3.8, 4) is 0 Å². The number of hydrogen-bond acceptors (Lipinski definition) is 4. The summed E-state index contributed by atoms with van der Waals surface area (Å²) in [6.07, 6.45) is 2.15. The van der Waals surface area contributed by atoms with E-state index in [1.54, 1.807) is 0 Å². The van der Waals surface area contributed by atoms with Crippen molar-refractivity contribution >= 4 is 18.0 Å². The topological polar surface area (TPSA) is 87.0 Å². The number of aliphatic imine (C=N–C) groups is 1. The Hall–Kier alpha value is -2.43. The number of aliphatic carboxylic acids is 1. The average molecular weight is 315 g/mol. The highest BCUT2D eigenvalue weighted by Crippen LogP contribution is 2.35. The van der Waals surface area contributed by atoms with Gasteiger partial charge in [0.25, 0.3) is 0 Å². The maximum Gasteiger partial charge on any atom is 0.328 e. The third-order valence-electron chi connectivity index (χ3n) is 3.84. The number of Topliss-reactive ketones (excluding diaryl/α,β-unsaturated/α-hetero) is 1. The molecule has 0 amide bonds. The molecule has 1 aliphatic carbocycles. The molecule has 0 saturated heterocycles. The van der Waals surface area contributed by atoms with Crippen LogP contribution in [0.25, 0.3) is 0 Å². The molecule has 5 heteroatoms. The summed E-state index contributed by atoms with van der Waals surface area (Å²) in [5.74, 6) is -1.28. The van der Waals surface area contributed by atoms with Crippen LogP contribution in [-0.2, 0) is 16.0 Å². The Morgan fingerprint density at radius 3 is 2.52 bits per heavy atom. The number of aliphatic hydroxyl groups is 1. The summed E-state index contributed by atoms with van der Waals surface area (Å²) in [5, 5.41) is 19.3. The lowest BCUT2D eigenvalue weighted by Crippen LogP contribution is -2.27. The van der Waals surface area contributed by atoms with Gasteiger partial charge in [-0.15, -0.1) is 0 Å². The normalized spacial score (nSPS) is 19.1. The maximum atomic E-state index is 12.1. The number of hydrogen-bond donors (Lipinski definition) is 2. The molecule has 0 aliphatic heterocycles. The van der Waals surface area contributed by atoms with Gasteiger partial charge >= 0.3 is 5.97 Å². The molecule has 0 fully saturated rings. The monoisotopic (exact) mass is 315 g/mol. The van der Waals surface area contributed by atoms with Gasteiger partial charge in [-0.2, -0.15) is 0 Å². The third kappa shape index (κ3) is 4.52. The van der Waals surface area contributed by atoms with E-state index in [2.05, 4.69) is 4.99 Å². The molecule has 1 atom stereocenters. The zero-order valence-electron chi connectivity index (χ0n) is 13.3. The number of carbonyl (C=O) groups excluding carboxylic acids is 1. The summed E-state index contributed by atoms with van der Waals surface area (Å²) in [7, 11) is 0. The summed E-state index contributed by atoms with van der Waals surface area (Å²) in [6.45, 7) is 3.81. The SMILES string of the molecule is CC1(C)CC(=O)C(C=NC(Cc2ccccc2)C(=O)O)=C(O)C1. The lowest BCUT2D eigenvalue weighted by atomic mass is 9.77. The summed E-state index contributed by atoms with van der Waals surface area (Å²) in [6, 6.07) is 8.19. The number of benzene rings is 1. The number of rotatable bonds is 5. The first kappa shape index (κ1) is 16.9. The highest BCUT2D eigenvalue weighted by atomic mass is 16.4. The van der Waals surface area contributed by atoms with Crippen LogP contribution >= 0.6 is 0 Å². The Kier molecular flexibility index (Phi) is 4.98. The Bertz CT molecular complexity index is 659. The minimum absolute atomic E-state index is 0.0150. The van der Waals surface area contributed by atoms with Gasteiger partial charge in [0.1, 0.15) is 5.76 Å². The molecule has 1 aliphatic rings. The molecule has 0 saturated carbocycles. The number of ketones is 1. The molecular weight excluding hydrogens is 294 g/mol. The van der Waals surface area contributed by atoms with Crippen molar-refractivity contribution < 1.29 is 19.8 Å². The van der Waals surface area contributed by atoms with Crippen LogP contribution < -0.4 is 0 Å². The van der Waals surface area contributed by atoms with Crippen LogP contribution in [0.4, 0.5) is 0 Å². The van der Waals surface area contributed by atoms with Crippen molar-refractivity contribution in [2.24, 2.45) is 10.4 Å². The van der Waals surface area contributed by atoms with Crippen molar-refractivity contribution in [3.63, 3.8) is 0 Å². The molecule has 2 rings (SSSR count). The Balaban J connectivity index is 2.18. The predicted octanol–water partition coefficient (Wildman–Crippen LogP) is 2.95. The first-order valence-electron chi connectivity index (χ1n) is 7.54. The van der Waals surface area contributed by atoms with Gasteiger partial charge < -0.3 is 10.2 Å². The van der Waals surface area contributed by atoms with Crippen LogP contribution in [0.1, 0.15) is 32.3 Å². The quantitative estimate of drug-likeness (QED) is 0.818. The molecule has 1 aromatic carbocycles. The van der Waals surface area contributed by atoms with Crippen LogP contribution in [0.5, 0.6) is 0 Å². The second-order valence-electron chi connectivity index (χ2n) is 6.62. The van der Waals surface area contributed by atoms with Gasteiger partial charge in [0, 0.05) is 25.5 Å². The fourth-order valence-corrected chi connectivity index (χ4v) is 2.65. The molecule has 0 bridgehead atoms. The van der Waals surface area contributed by atoms with Crippen molar-refractivity contribution in [2.45, 2.75) is 39.2 Å². The summed E-state index contributed by atoms with van der Waals surface area (Å²) >= 11 is 0. The van der Waals surface area contributed by atoms with E-state index >= 15 is 0 Å². The molecule has 0 aromatic heterocycles. The second kappa shape index (κ2) is 6.77. The second-order valence-corrected chi connectivity index (χ2v) is 6.62. The van der Waals surface area contributed by atoms with Crippen LogP contribution in [0.3, 0.4) is 0 Å². The smallest absolute Gasteiger partial charge is 0.328 e. The molecule has 1 aromatic rings. The zero-order valence-corrected chi connectivity index (χ0v) is 13.3. The van der Waals surface area contributed by atoms with E-state index in [4.69, 9.17) is 0 Å². The molecule has 1 unspecified atom stereocenters. The fourth-order valence-electron chi connectivity index (χ4n) is 2.65. The third-order valence-corrected chi connectivity index (χ3v) is 3.84.